The fraction of sp³-hybridized carbons (Fsp3) is 0.280. The second kappa shape index (κ2) is 9.17. The first kappa shape index (κ1) is 21.9. The topological polar surface area (TPSA) is 84.2 Å². The molecule has 1 N–H and O–H groups in total. The lowest BCUT2D eigenvalue weighted by Gasteiger charge is -2.40. The van der Waals surface area contributed by atoms with E-state index >= 15 is 4.39 Å². The number of benzene rings is 2. The van der Waals surface area contributed by atoms with Crippen molar-refractivity contribution in [1.82, 2.24) is 19.9 Å². The molecule has 1 fully saturated rings. The number of para-hydroxylation sites is 2. The van der Waals surface area contributed by atoms with Crippen molar-refractivity contribution in [2.75, 3.05) is 18.4 Å². The van der Waals surface area contributed by atoms with Crippen molar-refractivity contribution in [2.24, 2.45) is 5.92 Å². The van der Waals surface area contributed by atoms with Gasteiger partial charge >= 0.3 is 0 Å². The van der Waals surface area contributed by atoms with E-state index in [1.54, 1.807) is 11.0 Å². The third kappa shape index (κ3) is 4.09. The van der Waals surface area contributed by atoms with E-state index in [0.717, 1.165) is 24.4 Å². The minimum absolute atomic E-state index is 0.127. The predicted molar refractivity (Wildman–Crippen MR) is 123 cm³/mol. The molecule has 0 saturated carbocycles. The molecule has 5 rings (SSSR count). The van der Waals surface area contributed by atoms with Crippen LogP contribution in [0.4, 0.5) is 14.8 Å². The normalized spacial score (nSPS) is 18.3. The van der Waals surface area contributed by atoms with Gasteiger partial charge < -0.3 is 14.6 Å². The molecule has 7 nitrogen and oxygen atoms in total. The smallest absolute Gasteiger partial charge is 0.295 e. The molecule has 2 unspecified atom stereocenters. The number of piperidine rings is 1. The number of oxazole rings is 1. The number of hydrogen-bond donors (Lipinski definition) is 1. The molecule has 0 spiro atoms. The molecule has 1 aliphatic heterocycles. The maximum atomic E-state index is 15.0. The van der Waals surface area contributed by atoms with E-state index in [0.29, 0.717) is 24.7 Å². The summed E-state index contributed by atoms with van der Waals surface area (Å²) in [6.45, 7) is 2.82. The molecule has 0 aliphatic carbocycles. The Morgan fingerprint density at radius 1 is 1.15 bits per heavy atom. The molecular weight excluding hydrogens is 440 g/mol. The van der Waals surface area contributed by atoms with Gasteiger partial charge in [0, 0.05) is 31.0 Å². The van der Waals surface area contributed by atoms with E-state index in [9.17, 15) is 9.18 Å². The van der Waals surface area contributed by atoms with Gasteiger partial charge in [-0.25, -0.2) is 18.7 Å². The summed E-state index contributed by atoms with van der Waals surface area (Å²) >= 11 is 0. The number of rotatable bonds is 5. The van der Waals surface area contributed by atoms with Gasteiger partial charge in [-0.1, -0.05) is 19.1 Å². The Kier molecular flexibility index (Phi) is 5.91. The molecule has 1 amide bonds. The first-order valence-corrected chi connectivity index (χ1v) is 11.2. The van der Waals surface area contributed by atoms with Gasteiger partial charge in [0.05, 0.1) is 11.6 Å². The SMILES string of the molecule is CC1CCCN(C(=O)c2c(-c3ncccn3)ccc(F)c2F)C1CNc1nc2ccccc2o1. The van der Waals surface area contributed by atoms with Crippen LogP contribution in [0.5, 0.6) is 0 Å². The van der Waals surface area contributed by atoms with Gasteiger partial charge in [-0.05, 0) is 49.1 Å². The first-order chi connectivity index (χ1) is 16.5. The molecule has 3 heterocycles. The number of nitrogens with one attached hydrogen (secondary N) is 1. The summed E-state index contributed by atoms with van der Waals surface area (Å²) in [5, 5.41) is 3.18. The maximum Gasteiger partial charge on any atom is 0.295 e. The third-order valence-corrected chi connectivity index (χ3v) is 6.25. The Balaban J connectivity index is 1.45. The summed E-state index contributed by atoms with van der Waals surface area (Å²) in [7, 11) is 0. The number of nitrogens with zero attached hydrogens (tertiary/aromatic N) is 4. The van der Waals surface area contributed by atoms with Crippen molar-refractivity contribution in [1.29, 1.82) is 0 Å². The average molecular weight is 463 g/mol. The fourth-order valence-corrected chi connectivity index (χ4v) is 4.48. The Bertz CT molecular complexity index is 1290. The number of aromatic nitrogens is 3. The van der Waals surface area contributed by atoms with Crippen molar-refractivity contribution in [2.45, 2.75) is 25.8 Å². The molecule has 1 saturated heterocycles. The van der Waals surface area contributed by atoms with E-state index in [1.165, 1.54) is 18.5 Å². The summed E-state index contributed by atoms with van der Waals surface area (Å²) in [5.74, 6) is -2.58. The number of carbonyl (C=O) groups excluding carboxylic acids is 1. The van der Waals surface area contributed by atoms with Gasteiger partial charge in [0.15, 0.2) is 23.0 Å². The Morgan fingerprint density at radius 2 is 1.94 bits per heavy atom. The lowest BCUT2D eigenvalue weighted by Crippen LogP contribution is -2.51. The largest absolute Gasteiger partial charge is 0.424 e. The van der Waals surface area contributed by atoms with E-state index in [-0.39, 0.29) is 28.9 Å². The van der Waals surface area contributed by atoms with Crippen LogP contribution in [-0.4, -0.2) is 44.9 Å². The molecule has 2 aromatic carbocycles. The lowest BCUT2D eigenvalue weighted by molar-refractivity contribution is 0.0534. The highest BCUT2D eigenvalue weighted by atomic mass is 19.2. The van der Waals surface area contributed by atoms with Crippen LogP contribution in [-0.2, 0) is 0 Å². The highest BCUT2D eigenvalue weighted by Gasteiger charge is 2.35. The van der Waals surface area contributed by atoms with Crippen molar-refractivity contribution in [3.63, 3.8) is 0 Å². The standard InChI is InChI=1S/C25H23F2N5O2/c1-15-6-4-13-32(19(15)14-30-25-31-18-7-2-3-8-20(18)34-25)24(33)21-16(9-10-17(26)22(21)27)23-28-11-5-12-29-23/h2-3,5,7-12,15,19H,4,6,13-14H2,1H3,(H,30,31). The van der Waals surface area contributed by atoms with Crippen LogP contribution in [0.2, 0.25) is 0 Å². The fourth-order valence-electron chi connectivity index (χ4n) is 4.48. The van der Waals surface area contributed by atoms with Crippen molar-refractivity contribution < 1.29 is 18.0 Å². The van der Waals surface area contributed by atoms with Gasteiger partial charge in [0.25, 0.3) is 11.9 Å². The van der Waals surface area contributed by atoms with Crippen LogP contribution in [0.25, 0.3) is 22.5 Å². The summed E-state index contributed by atoms with van der Waals surface area (Å²) in [6.07, 6.45) is 4.66. The van der Waals surface area contributed by atoms with Crippen molar-refractivity contribution in [3.05, 3.63) is 72.1 Å². The number of anilines is 1. The highest BCUT2D eigenvalue weighted by Crippen LogP contribution is 2.31. The summed E-state index contributed by atoms with van der Waals surface area (Å²) in [6, 6.07) is 11.4. The Morgan fingerprint density at radius 3 is 2.74 bits per heavy atom. The van der Waals surface area contributed by atoms with Crippen LogP contribution in [0, 0.1) is 17.6 Å². The summed E-state index contributed by atoms with van der Waals surface area (Å²) < 4.78 is 35.0. The number of carbonyl (C=O) groups is 1. The molecule has 34 heavy (non-hydrogen) atoms. The number of fused-ring (bicyclic) bond motifs is 1. The van der Waals surface area contributed by atoms with Gasteiger partial charge in [0.2, 0.25) is 0 Å². The van der Waals surface area contributed by atoms with Crippen molar-refractivity contribution in [3.8, 4) is 11.4 Å². The molecule has 4 aromatic rings. The van der Waals surface area contributed by atoms with Crippen LogP contribution < -0.4 is 5.32 Å². The molecule has 2 aromatic heterocycles. The number of likely N-dealkylation sites (tertiary alicyclic amines) is 1. The van der Waals surface area contributed by atoms with Crippen LogP contribution in [0.1, 0.15) is 30.1 Å². The molecule has 174 valence electrons. The van der Waals surface area contributed by atoms with Gasteiger partial charge in [-0.2, -0.15) is 4.98 Å². The zero-order chi connectivity index (χ0) is 23.7. The van der Waals surface area contributed by atoms with Crippen LogP contribution in [0.15, 0.2) is 59.3 Å². The zero-order valence-electron chi connectivity index (χ0n) is 18.5. The van der Waals surface area contributed by atoms with Crippen molar-refractivity contribution >= 4 is 23.0 Å². The molecule has 9 heteroatoms. The molecule has 0 radical (unpaired) electrons. The minimum atomic E-state index is -1.20. The highest BCUT2D eigenvalue weighted by molar-refractivity contribution is 6.00. The Hall–Kier alpha value is -3.88. The first-order valence-electron chi connectivity index (χ1n) is 11.2. The van der Waals surface area contributed by atoms with Crippen LogP contribution >= 0.6 is 0 Å². The second-order valence-corrected chi connectivity index (χ2v) is 8.41. The average Bonchev–Trinajstić information content (AvgIpc) is 3.28. The second-order valence-electron chi connectivity index (χ2n) is 8.41. The summed E-state index contributed by atoms with van der Waals surface area (Å²) in [5.41, 5.74) is 1.19. The molecule has 0 bridgehead atoms. The number of hydrogen-bond acceptors (Lipinski definition) is 6. The molecule has 2 atom stereocenters. The van der Waals surface area contributed by atoms with Gasteiger partial charge in [0.1, 0.15) is 5.52 Å². The number of halogens is 2. The predicted octanol–water partition coefficient (Wildman–Crippen LogP) is 4.92. The third-order valence-electron chi connectivity index (χ3n) is 6.25. The molecular formula is C25H23F2N5O2. The quantitative estimate of drug-likeness (QED) is 0.453. The molecule has 1 aliphatic rings. The maximum absolute atomic E-state index is 15.0. The van der Waals surface area contributed by atoms with Crippen LogP contribution in [0.3, 0.4) is 0 Å². The van der Waals surface area contributed by atoms with E-state index in [4.69, 9.17) is 4.42 Å². The van der Waals surface area contributed by atoms with E-state index < -0.39 is 17.5 Å². The minimum Gasteiger partial charge on any atom is -0.424 e. The zero-order valence-corrected chi connectivity index (χ0v) is 18.5. The summed E-state index contributed by atoms with van der Waals surface area (Å²) in [4.78, 5) is 28.0. The number of amides is 1. The van der Waals surface area contributed by atoms with Gasteiger partial charge in [-0.15, -0.1) is 0 Å². The van der Waals surface area contributed by atoms with E-state index in [1.807, 2.05) is 31.2 Å². The lowest BCUT2D eigenvalue weighted by atomic mass is 9.89. The van der Waals surface area contributed by atoms with Gasteiger partial charge in [-0.3, -0.25) is 4.79 Å². The Labute approximate surface area is 194 Å². The van der Waals surface area contributed by atoms with E-state index in [2.05, 4.69) is 20.3 Å². The monoisotopic (exact) mass is 463 g/mol.